The Bertz CT molecular complexity index is 291. The van der Waals surface area contributed by atoms with Crippen LogP contribution in [0, 0.1) is 5.92 Å². The van der Waals surface area contributed by atoms with E-state index in [-0.39, 0.29) is 5.91 Å². The van der Waals surface area contributed by atoms with Crippen molar-refractivity contribution >= 4 is 5.91 Å². The van der Waals surface area contributed by atoms with Crippen LogP contribution >= 0.6 is 0 Å². The summed E-state index contributed by atoms with van der Waals surface area (Å²) in [4.78, 5) is 11.0. The third-order valence-electron chi connectivity index (χ3n) is 2.28. The van der Waals surface area contributed by atoms with Crippen LogP contribution in [-0.4, -0.2) is 18.5 Å². The maximum Gasteiger partial charge on any atom is 0.245 e. The fourth-order valence-corrected chi connectivity index (χ4v) is 1.54. The number of allylic oxidation sites excluding steroid dienone is 2. The second-order valence-electron chi connectivity index (χ2n) is 3.20. The van der Waals surface area contributed by atoms with Crippen molar-refractivity contribution in [3.05, 3.63) is 36.6 Å². The van der Waals surface area contributed by atoms with Crippen LogP contribution in [0.3, 0.4) is 0 Å². The van der Waals surface area contributed by atoms with Gasteiger partial charge in [0.05, 0.1) is 6.04 Å². The van der Waals surface area contributed by atoms with Crippen LogP contribution < -0.4 is 10.6 Å². The zero-order valence-corrected chi connectivity index (χ0v) is 7.23. The van der Waals surface area contributed by atoms with Gasteiger partial charge in [0.1, 0.15) is 0 Å². The first-order valence-corrected chi connectivity index (χ1v) is 4.42. The van der Waals surface area contributed by atoms with Crippen molar-refractivity contribution in [3.8, 4) is 0 Å². The van der Waals surface area contributed by atoms with Crippen LogP contribution in [0.1, 0.15) is 0 Å². The zero-order valence-electron chi connectivity index (χ0n) is 7.23. The predicted molar refractivity (Wildman–Crippen MR) is 50.8 cm³/mol. The number of carbonyl (C=O) groups excluding carboxylic acids is 1. The molecule has 0 saturated carbocycles. The summed E-state index contributed by atoms with van der Waals surface area (Å²) in [6.07, 6.45) is 11.5. The van der Waals surface area contributed by atoms with Crippen molar-refractivity contribution in [1.82, 2.24) is 10.6 Å². The molecule has 0 radical (unpaired) electrons. The Morgan fingerprint density at radius 1 is 1.31 bits per heavy atom. The Morgan fingerprint density at radius 2 is 2.15 bits per heavy atom. The van der Waals surface area contributed by atoms with Crippen molar-refractivity contribution in [2.24, 2.45) is 5.92 Å². The van der Waals surface area contributed by atoms with Crippen LogP contribution in [0.4, 0.5) is 0 Å². The molecule has 1 heterocycles. The van der Waals surface area contributed by atoms with E-state index in [1.54, 1.807) is 6.20 Å². The first-order valence-electron chi connectivity index (χ1n) is 4.42. The van der Waals surface area contributed by atoms with Crippen molar-refractivity contribution in [1.29, 1.82) is 0 Å². The molecular weight excluding hydrogens is 164 g/mol. The lowest BCUT2D eigenvalue weighted by Crippen LogP contribution is -2.41. The second kappa shape index (κ2) is 3.47. The highest BCUT2D eigenvalue weighted by Crippen LogP contribution is 2.12. The minimum atomic E-state index is -0.0334. The highest BCUT2D eigenvalue weighted by Gasteiger charge is 2.18. The number of hydrogen-bond acceptors (Lipinski definition) is 2. The predicted octanol–water partition coefficient (Wildman–Crippen LogP) is 0.330. The lowest BCUT2D eigenvalue weighted by atomic mass is 9.95. The molecule has 13 heavy (non-hydrogen) atoms. The zero-order chi connectivity index (χ0) is 9.10. The minimum Gasteiger partial charge on any atom is -0.384 e. The third kappa shape index (κ3) is 1.80. The number of hydrogen-bond donors (Lipinski definition) is 2. The summed E-state index contributed by atoms with van der Waals surface area (Å²) in [5, 5.41) is 6.01. The molecule has 3 heteroatoms. The molecule has 2 rings (SSSR count). The molecule has 2 unspecified atom stereocenters. The molecule has 1 aliphatic carbocycles. The van der Waals surface area contributed by atoms with E-state index in [0.717, 1.165) is 0 Å². The Kier molecular flexibility index (Phi) is 2.17. The van der Waals surface area contributed by atoms with E-state index in [1.807, 2.05) is 12.2 Å². The molecule has 0 spiro atoms. The monoisotopic (exact) mass is 176 g/mol. The van der Waals surface area contributed by atoms with Gasteiger partial charge in [-0.05, 0) is 0 Å². The summed E-state index contributed by atoms with van der Waals surface area (Å²) in [7, 11) is 0. The van der Waals surface area contributed by atoms with E-state index >= 15 is 0 Å². The van der Waals surface area contributed by atoms with E-state index < -0.39 is 0 Å². The Balaban J connectivity index is 2.13. The summed E-state index contributed by atoms with van der Waals surface area (Å²) in [6, 6.07) is 0.307. The van der Waals surface area contributed by atoms with E-state index in [2.05, 4.69) is 22.8 Å². The summed E-state index contributed by atoms with van der Waals surface area (Å²) in [5.74, 6) is 0.327. The van der Waals surface area contributed by atoms with Gasteiger partial charge in [-0.2, -0.15) is 0 Å². The summed E-state index contributed by atoms with van der Waals surface area (Å²) in [5.41, 5.74) is 0. The van der Waals surface area contributed by atoms with E-state index in [1.165, 1.54) is 6.08 Å². The number of fused-ring (bicyclic) bond motifs is 1. The fourth-order valence-electron chi connectivity index (χ4n) is 1.54. The third-order valence-corrected chi connectivity index (χ3v) is 2.28. The molecule has 0 aromatic heterocycles. The van der Waals surface area contributed by atoms with Gasteiger partial charge in [-0.3, -0.25) is 4.79 Å². The van der Waals surface area contributed by atoms with E-state index in [4.69, 9.17) is 0 Å². The first-order chi connectivity index (χ1) is 6.36. The normalized spacial score (nSPS) is 33.7. The van der Waals surface area contributed by atoms with Gasteiger partial charge in [-0.15, -0.1) is 0 Å². The molecule has 1 amide bonds. The SMILES string of the molecule is O=C1/C=C\NC2C=CC=CC2CN1. The van der Waals surface area contributed by atoms with Crippen LogP contribution in [-0.2, 0) is 4.79 Å². The van der Waals surface area contributed by atoms with Crippen molar-refractivity contribution in [2.75, 3.05) is 6.54 Å². The van der Waals surface area contributed by atoms with E-state index in [0.29, 0.717) is 18.5 Å². The summed E-state index contributed by atoms with van der Waals surface area (Å²) >= 11 is 0. The quantitative estimate of drug-likeness (QED) is 0.558. The van der Waals surface area contributed by atoms with Gasteiger partial charge >= 0.3 is 0 Å². The topological polar surface area (TPSA) is 41.1 Å². The number of amides is 1. The van der Waals surface area contributed by atoms with Crippen LogP contribution in [0.25, 0.3) is 0 Å². The molecule has 1 aliphatic heterocycles. The molecule has 0 fully saturated rings. The lowest BCUT2D eigenvalue weighted by molar-refractivity contribution is -0.116. The lowest BCUT2D eigenvalue weighted by Gasteiger charge is -2.25. The molecule has 0 saturated heterocycles. The van der Waals surface area contributed by atoms with Crippen LogP contribution in [0.15, 0.2) is 36.6 Å². The molecule has 2 aliphatic rings. The number of rotatable bonds is 0. The second-order valence-corrected chi connectivity index (χ2v) is 3.20. The molecule has 0 aromatic rings. The Hall–Kier alpha value is -1.51. The van der Waals surface area contributed by atoms with Gasteiger partial charge in [-0.25, -0.2) is 0 Å². The van der Waals surface area contributed by atoms with Gasteiger partial charge < -0.3 is 10.6 Å². The average molecular weight is 176 g/mol. The van der Waals surface area contributed by atoms with Gasteiger partial charge in [0, 0.05) is 24.7 Å². The Labute approximate surface area is 77.2 Å². The standard InChI is InChI=1S/C10H12N2O/c13-10-5-6-11-9-4-2-1-3-8(9)7-12-10/h1-6,8-9,11H,7H2,(H,12,13)/b6-5-. The number of nitrogens with one attached hydrogen (secondary N) is 2. The molecule has 2 atom stereocenters. The maximum atomic E-state index is 11.0. The van der Waals surface area contributed by atoms with Crippen LogP contribution in [0.2, 0.25) is 0 Å². The highest BCUT2D eigenvalue weighted by atomic mass is 16.1. The molecular formula is C10H12N2O. The van der Waals surface area contributed by atoms with Crippen molar-refractivity contribution < 1.29 is 4.79 Å². The minimum absolute atomic E-state index is 0.0334. The molecule has 2 N–H and O–H groups in total. The van der Waals surface area contributed by atoms with E-state index in [9.17, 15) is 4.79 Å². The largest absolute Gasteiger partial charge is 0.384 e. The molecule has 68 valence electrons. The van der Waals surface area contributed by atoms with Crippen LogP contribution in [0.5, 0.6) is 0 Å². The van der Waals surface area contributed by atoms with Gasteiger partial charge in [0.15, 0.2) is 0 Å². The van der Waals surface area contributed by atoms with Crippen molar-refractivity contribution in [3.63, 3.8) is 0 Å². The first kappa shape index (κ1) is 8.10. The average Bonchev–Trinajstić information content (AvgIpc) is 2.13. The van der Waals surface area contributed by atoms with Gasteiger partial charge in [0.25, 0.3) is 0 Å². The molecule has 0 aromatic carbocycles. The maximum absolute atomic E-state index is 11.0. The van der Waals surface area contributed by atoms with Crippen molar-refractivity contribution in [2.45, 2.75) is 6.04 Å². The fraction of sp³-hybridized carbons (Fsp3) is 0.300. The highest BCUT2D eigenvalue weighted by molar-refractivity contribution is 5.87. The van der Waals surface area contributed by atoms with Gasteiger partial charge in [-0.1, -0.05) is 24.3 Å². The summed E-state index contributed by atoms with van der Waals surface area (Å²) in [6.45, 7) is 0.696. The Morgan fingerprint density at radius 3 is 3.08 bits per heavy atom. The number of carbonyl (C=O) groups is 1. The summed E-state index contributed by atoms with van der Waals surface area (Å²) < 4.78 is 0. The van der Waals surface area contributed by atoms with Gasteiger partial charge in [0.2, 0.25) is 5.91 Å². The molecule has 3 nitrogen and oxygen atoms in total. The molecule has 0 bridgehead atoms. The smallest absolute Gasteiger partial charge is 0.245 e.